The molecule has 2 unspecified atom stereocenters. The molecule has 0 aliphatic carbocycles. The van der Waals surface area contributed by atoms with Gasteiger partial charge in [0.15, 0.2) is 0 Å². The molecule has 1 fully saturated rings. The highest BCUT2D eigenvalue weighted by molar-refractivity contribution is 7.99. The molecule has 142 valence electrons. The summed E-state index contributed by atoms with van der Waals surface area (Å²) in [6, 6.07) is 27.1. The Morgan fingerprint density at radius 3 is 2.32 bits per heavy atom. The number of fused-ring (bicyclic) bond motifs is 3. The van der Waals surface area contributed by atoms with Gasteiger partial charge in [-0.05, 0) is 41.8 Å². The van der Waals surface area contributed by atoms with E-state index in [1.54, 1.807) is 7.11 Å². The van der Waals surface area contributed by atoms with Crippen LogP contribution in [0.5, 0.6) is 5.75 Å². The van der Waals surface area contributed by atoms with E-state index in [0.29, 0.717) is 0 Å². The number of methoxy groups -OCH3 is 1. The van der Waals surface area contributed by atoms with Gasteiger partial charge in [-0.15, -0.1) is 11.8 Å². The molecule has 0 radical (unpaired) electrons. The van der Waals surface area contributed by atoms with Gasteiger partial charge in [0.05, 0.1) is 12.8 Å². The monoisotopic (exact) mass is 427 g/mol. The molecule has 2 nitrogen and oxygen atoms in total. The van der Waals surface area contributed by atoms with Crippen LogP contribution in [0.15, 0.2) is 83.8 Å². The predicted octanol–water partition coefficient (Wildman–Crippen LogP) is 6.78. The number of rotatable bonds is 3. The van der Waals surface area contributed by atoms with Crippen molar-refractivity contribution in [2.24, 2.45) is 0 Å². The summed E-state index contributed by atoms with van der Waals surface area (Å²) >= 11 is 15.8. The van der Waals surface area contributed by atoms with Crippen LogP contribution in [-0.4, -0.2) is 11.6 Å². The number of benzene rings is 3. The molecule has 0 aromatic heterocycles. The first-order valence-corrected chi connectivity index (χ1v) is 10.8. The van der Waals surface area contributed by atoms with Gasteiger partial charge >= 0.3 is 0 Å². The maximum Gasteiger partial charge on any atom is 0.219 e. The van der Waals surface area contributed by atoms with Gasteiger partial charge in [-0.25, -0.2) is 0 Å². The van der Waals surface area contributed by atoms with Crippen LogP contribution in [0.4, 0.5) is 5.69 Å². The molecule has 0 saturated carbocycles. The summed E-state index contributed by atoms with van der Waals surface area (Å²) in [4.78, 5) is 3.37. The summed E-state index contributed by atoms with van der Waals surface area (Å²) in [5.74, 6) is 0.859. The third-order valence-corrected chi connectivity index (χ3v) is 7.99. The molecule has 0 amide bonds. The van der Waals surface area contributed by atoms with Crippen molar-refractivity contribution in [2.75, 3.05) is 12.0 Å². The number of nitrogens with zero attached hydrogens (tertiary/aromatic N) is 1. The zero-order valence-electron chi connectivity index (χ0n) is 15.3. The van der Waals surface area contributed by atoms with Crippen molar-refractivity contribution >= 4 is 40.7 Å². The Morgan fingerprint density at radius 1 is 0.929 bits per heavy atom. The summed E-state index contributed by atoms with van der Waals surface area (Å²) in [7, 11) is 1.69. The molecular weight excluding hydrogens is 409 g/mol. The van der Waals surface area contributed by atoms with Gasteiger partial charge in [-0.2, -0.15) is 0 Å². The largest absolute Gasteiger partial charge is 0.497 e. The van der Waals surface area contributed by atoms with E-state index in [-0.39, 0.29) is 5.25 Å². The SMILES string of the molecule is COc1ccc(C2CC3(c4ccccc4)N(c4ccccc4S2)C3(Cl)Cl)cc1. The number of hydrogen-bond donors (Lipinski definition) is 0. The van der Waals surface area contributed by atoms with Crippen molar-refractivity contribution in [1.29, 1.82) is 0 Å². The number of halogens is 2. The highest BCUT2D eigenvalue weighted by atomic mass is 35.5. The predicted molar refractivity (Wildman–Crippen MR) is 118 cm³/mol. The van der Waals surface area contributed by atoms with Crippen LogP contribution in [0.25, 0.3) is 0 Å². The van der Waals surface area contributed by atoms with Crippen LogP contribution < -0.4 is 9.64 Å². The van der Waals surface area contributed by atoms with Crippen LogP contribution in [0.3, 0.4) is 0 Å². The lowest BCUT2D eigenvalue weighted by molar-refractivity contribution is 0.414. The molecule has 2 atom stereocenters. The van der Waals surface area contributed by atoms with E-state index in [0.717, 1.165) is 23.4 Å². The molecule has 1 saturated heterocycles. The topological polar surface area (TPSA) is 12.2 Å². The van der Waals surface area contributed by atoms with E-state index in [1.165, 1.54) is 10.5 Å². The summed E-state index contributed by atoms with van der Waals surface area (Å²) < 4.78 is 4.36. The maximum absolute atomic E-state index is 6.97. The maximum atomic E-state index is 6.97. The van der Waals surface area contributed by atoms with Crippen LogP contribution >= 0.6 is 35.0 Å². The molecule has 3 aromatic carbocycles. The van der Waals surface area contributed by atoms with Gasteiger partial charge in [-0.3, -0.25) is 0 Å². The van der Waals surface area contributed by atoms with Crippen molar-refractivity contribution in [3.05, 3.63) is 90.0 Å². The Hall–Kier alpha value is -1.81. The summed E-state index contributed by atoms with van der Waals surface area (Å²) in [5, 5.41) is 0.219. The minimum absolute atomic E-state index is 0.219. The zero-order valence-corrected chi connectivity index (χ0v) is 17.6. The van der Waals surface area contributed by atoms with Crippen molar-refractivity contribution in [2.45, 2.75) is 26.6 Å². The molecular formula is C23H19Cl2NOS. The second-order valence-electron chi connectivity index (χ2n) is 7.15. The van der Waals surface area contributed by atoms with Crippen molar-refractivity contribution in [1.82, 2.24) is 0 Å². The van der Waals surface area contributed by atoms with Gasteiger partial charge in [0.1, 0.15) is 11.3 Å². The fraction of sp³-hybridized carbons (Fsp3) is 0.217. The number of thioether (sulfide) groups is 1. The van der Waals surface area contributed by atoms with Crippen molar-refractivity contribution < 1.29 is 4.74 Å². The Kier molecular flexibility index (Phi) is 4.31. The third kappa shape index (κ3) is 2.57. The van der Waals surface area contributed by atoms with E-state index in [4.69, 9.17) is 27.9 Å². The molecule has 3 aromatic rings. The molecule has 0 N–H and O–H groups in total. The first kappa shape index (κ1) is 18.2. The summed E-state index contributed by atoms with van der Waals surface area (Å²) in [6.45, 7) is 0. The first-order chi connectivity index (χ1) is 13.6. The minimum Gasteiger partial charge on any atom is -0.497 e. The molecule has 0 bridgehead atoms. The first-order valence-electron chi connectivity index (χ1n) is 9.21. The Bertz CT molecular complexity index is 1010. The van der Waals surface area contributed by atoms with E-state index in [1.807, 2.05) is 36.0 Å². The van der Waals surface area contributed by atoms with Crippen molar-refractivity contribution in [3.63, 3.8) is 0 Å². The van der Waals surface area contributed by atoms with Crippen LogP contribution in [0.1, 0.15) is 22.8 Å². The molecule has 0 spiro atoms. The van der Waals surface area contributed by atoms with Gasteiger partial charge in [0.25, 0.3) is 0 Å². The molecule has 28 heavy (non-hydrogen) atoms. The lowest BCUT2D eigenvalue weighted by Gasteiger charge is -2.22. The fourth-order valence-electron chi connectivity index (χ4n) is 4.26. The van der Waals surface area contributed by atoms with Crippen LogP contribution in [0, 0.1) is 0 Å². The second kappa shape index (κ2) is 6.62. The molecule has 5 heteroatoms. The molecule has 2 heterocycles. The number of ether oxygens (including phenoxy) is 1. The average molecular weight is 428 g/mol. The highest BCUT2D eigenvalue weighted by Gasteiger charge is 2.76. The number of alkyl halides is 2. The summed E-state index contributed by atoms with van der Waals surface area (Å²) in [5.41, 5.74) is 3.03. The lowest BCUT2D eigenvalue weighted by Crippen LogP contribution is -2.19. The van der Waals surface area contributed by atoms with E-state index >= 15 is 0 Å². The minimum atomic E-state index is -0.976. The Labute approximate surface area is 179 Å². The molecule has 5 rings (SSSR count). The number of hydrogen-bond acceptors (Lipinski definition) is 3. The van der Waals surface area contributed by atoms with E-state index in [9.17, 15) is 0 Å². The molecule has 2 aliphatic rings. The quantitative estimate of drug-likeness (QED) is 0.259. The number of para-hydroxylation sites is 1. The highest BCUT2D eigenvalue weighted by Crippen LogP contribution is 2.72. The standard InChI is InChI=1S/C23H19Cl2NOS/c1-27-18-13-11-16(12-14-18)21-15-22(17-7-3-2-4-8-17)23(24,25)26(22)19-9-5-6-10-20(19)28-21/h2-14,21H,15H2,1H3. The van der Waals surface area contributed by atoms with Gasteiger partial charge < -0.3 is 9.64 Å². The third-order valence-electron chi connectivity index (χ3n) is 5.71. The second-order valence-corrected chi connectivity index (χ2v) is 9.69. The number of anilines is 1. The summed E-state index contributed by atoms with van der Waals surface area (Å²) in [6.07, 6.45) is 0.815. The fourth-order valence-corrected chi connectivity index (χ4v) is 6.55. The smallest absolute Gasteiger partial charge is 0.219 e. The Balaban J connectivity index is 1.66. The van der Waals surface area contributed by atoms with Gasteiger partial charge in [0.2, 0.25) is 4.46 Å². The van der Waals surface area contributed by atoms with Crippen LogP contribution in [0.2, 0.25) is 0 Å². The Morgan fingerprint density at radius 2 is 1.61 bits per heavy atom. The average Bonchev–Trinajstić information content (AvgIpc) is 3.29. The lowest BCUT2D eigenvalue weighted by atomic mass is 9.91. The van der Waals surface area contributed by atoms with E-state index < -0.39 is 10.00 Å². The normalized spacial score (nSPS) is 24.7. The van der Waals surface area contributed by atoms with E-state index in [2.05, 4.69) is 59.5 Å². The van der Waals surface area contributed by atoms with Gasteiger partial charge in [0, 0.05) is 10.1 Å². The van der Waals surface area contributed by atoms with Crippen LogP contribution in [-0.2, 0) is 5.54 Å². The van der Waals surface area contributed by atoms with Crippen molar-refractivity contribution in [3.8, 4) is 5.75 Å². The molecule has 2 aliphatic heterocycles. The van der Waals surface area contributed by atoms with Gasteiger partial charge in [-0.1, -0.05) is 77.8 Å². The zero-order chi connectivity index (χ0) is 19.4.